The number of nitrogens with zero attached hydrogens (tertiary/aromatic N) is 4. The zero-order valence-corrected chi connectivity index (χ0v) is 21.6. The van der Waals surface area contributed by atoms with Crippen LogP contribution in [0.2, 0.25) is 0 Å². The molecular formula is C22H25N5O5S3. The fourth-order valence-corrected chi connectivity index (χ4v) is 6.70. The summed E-state index contributed by atoms with van der Waals surface area (Å²) >= 11 is 4.21. The first-order valence-corrected chi connectivity index (χ1v) is 14.0. The number of para-hydroxylation sites is 1. The standard InChI is InChI=1S/C22H25N5O5S3/c1-3-26-16(9-23-25-26)33-10-14-11-34-21-17(20(29)27(21)18(14)22(30)31)24-19(28)13(2)35-12-32-15-7-5-4-6-8-15/h4-9,13,17,21H,3,10-12H2,1-2H3,(H,24,28)(H,30,31)/t13?,17-,21?/m0/s1. The van der Waals surface area contributed by atoms with Crippen LogP contribution in [0.5, 0.6) is 5.75 Å². The molecule has 2 aliphatic rings. The van der Waals surface area contributed by atoms with E-state index in [-0.39, 0.29) is 11.6 Å². The van der Waals surface area contributed by atoms with Crippen LogP contribution in [-0.4, -0.2) is 76.9 Å². The summed E-state index contributed by atoms with van der Waals surface area (Å²) in [7, 11) is 0. The molecule has 0 radical (unpaired) electrons. The van der Waals surface area contributed by atoms with Crippen molar-refractivity contribution < 1.29 is 24.2 Å². The molecule has 0 bridgehead atoms. The molecule has 1 fully saturated rings. The molecule has 2 aromatic rings. The van der Waals surface area contributed by atoms with Crippen LogP contribution in [0.1, 0.15) is 13.8 Å². The highest BCUT2D eigenvalue weighted by Crippen LogP contribution is 2.41. The van der Waals surface area contributed by atoms with E-state index >= 15 is 0 Å². The van der Waals surface area contributed by atoms with Gasteiger partial charge in [-0.25, -0.2) is 9.48 Å². The van der Waals surface area contributed by atoms with E-state index in [0.717, 1.165) is 5.03 Å². The number of aryl methyl sites for hydroxylation is 1. The average Bonchev–Trinajstić information content (AvgIpc) is 3.33. The Bertz CT molecular complexity index is 1130. The number of fused-ring (bicyclic) bond motifs is 1. The molecule has 1 aromatic carbocycles. The maximum atomic E-state index is 12.9. The molecular weight excluding hydrogens is 510 g/mol. The molecule has 186 valence electrons. The van der Waals surface area contributed by atoms with E-state index in [1.807, 2.05) is 37.3 Å². The SMILES string of the molecule is CCn1nncc1SCC1=C(C(=O)O)N2C(=O)[C@H](NC(=O)C(C)SCOc3ccccc3)C2SC1. The van der Waals surface area contributed by atoms with E-state index in [9.17, 15) is 19.5 Å². The summed E-state index contributed by atoms with van der Waals surface area (Å²) in [6, 6.07) is 8.55. The summed E-state index contributed by atoms with van der Waals surface area (Å²) in [6.45, 7) is 4.35. The van der Waals surface area contributed by atoms with Crippen molar-refractivity contribution in [2.24, 2.45) is 0 Å². The van der Waals surface area contributed by atoms with Crippen molar-refractivity contribution in [3.63, 3.8) is 0 Å². The Morgan fingerprint density at radius 2 is 2.11 bits per heavy atom. The molecule has 2 unspecified atom stereocenters. The Labute approximate surface area is 215 Å². The van der Waals surface area contributed by atoms with Gasteiger partial charge in [0.2, 0.25) is 5.91 Å². The van der Waals surface area contributed by atoms with Crippen LogP contribution in [0.15, 0.2) is 52.8 Å². The third kappa shape index (κ3) is 5.62. The number of carboxylic acid groups (broad SMARTS) is 1. The van der Waals surface area contributed by atoms with Crippen molar-refractivity contribution in [3.05, 3.63) is 47.8 Å². The van der Waals surface area contributed by atoms with E-state index in [1.165, 1.54) is 40.2 Å². The molecule has 1 saturated heterocycles. The zero-order chi connectivity index (χ0) is 24.9. The summed E-state index contributed by atoms with van der Waals surface area (Å²) in [5, 5.41) is 20.5. The number of benzene rings is 1. The molecule has 0 aliphatic carbocycles. The number of β-lactam (4-membered cyclic amide) rings is 1. The molecule has 10 nitrogen and oxygen atoms in total. The number of aliphatic carboxylic acids is 1. The van der Waals surface area contributed by atoms with Crippen LogP contribution in [0.4, 0.5) is 0 Å². The average molecular weight is 536 g/mol. The summed E-state index contributed by atoms with van der Waals surface area (Å²) in [5.41, 5.74) is 0.665. The first-order valence-electron chi connectivity index (χ1n) is 10.9. The molecule has 0 saturated carbocycles. The molecule has 4 rings (SSSR count). The number of rotatable bonds is 11. The number of thioether (sulfide) groups is 3. The lowest BCUT2D eigenvalue weighted by molar-refractivity contribution is -0.150. The smallest absolute Gasteiger partial charge is 0.352 e. The molecule has 13 heteroatoms. The largest absolute Gasteiger partial charge is 0.483 e. The summed E-state index contributed by atoms with van der Waals surface area (Å²) in [6.07, 6.45) is 1.64. The van der Waals surface area contributed by atoms with Gasteiger partial charge in [0.1, 0.15) is 33.8 Å². The van der Waals surface area contributed by atoms with Gasteiger partial charge in [0, 0.05) is 18.1 Å². The minimum atomic E-state index is -1.15. The van der Waals surface area contributed by atoms with Crippen molar-refractivity contribution in [1.29, 1.82) is 0 Å². The van der Waals surface area contributed by atoms with Gasteiger partial charge in [-0.1, -0.05) is 23.4 Å². The van der Waals surface area contributed by atoms with Gasteiger partial charge < -0.3 is 15.2 Å². The van der Waals surface area contributed by atoms with Gasteiger partial charge in [0.05, 0.1) is 11.4 Å². The third-order valence-electron chi connectivity index (χ3n) is 5.48. The van der Waals surface area contributed by atoms with E-state index < -0.39 is 28.5 Å². The number of hydrogen-bond donors (Lipinski definition) is 2. The van der Waals surface area contributed by atoms with Gasteiger partial charge in [0.25, 0.3) is 5.91 Å². The van der Waals surface area contributed by atoms with E-state index in [2.05, 4.69) is 15.6 Å². The number of hydrogen-bond acceptors (Lipinski definition) is 9. The van der Waals surface area contributed by atoms with Crippen LogP contribution < -0.4 is 10.1 Å². The highest BCUT2D eigenvalue weighted by Gasteiger charge is 2.54. The van der Waals surface area contributed by atoms with Gasteiger partial charge in [-0.05, 0) is 31.6 Å². The molecule has 2 N–H and O–H groups in total. The summed E-state index contributed by atoms with van der Waals surface area (Å²) in [4.78, 5) is 38.9. The van der Waals surface area contributed by atoms with Crippen molar-refractivity contribution >= 4 is 53.1 Å². The fraction of sp³-hybridized carbons (Fsp3) is 0.409. The number of carbonyl (C=O) groups excluding carboxylic acids is 2. The Hall–Kier alpha value is -2.64. The fourth-order valence-electron chi connectivity index (χ4n) is 3.60. The number of amides is 2. The van der Waals surface area contributed by atoms with Gasteiger partial charge in [-0.2, -0.15) is 0 Å². The summed E-state index contributed by atoms with van der Waals surface area (Å²) in [5.74, 6) is 0.0342. The first-order chi connectivity index (χ1) is 16.9. The second kappa shape index (κ2) is 11.4. The predicted molar refractivity (Wildman–Crippen MR) is 135 cm³/mol. The Morgan fingerprint density at radius 1 is 1.34 bits per heavy atom. The third-order valence-corrected chi connectivity index (χ3v) is 8.89. The number of ether oxygens (including phenoxy) is 1. The maximum Gasteiger partial charge on any atom is 0.352 e. The normalized spacial score (nSPS) is 20.2. The number of nitrogens with one attached hydrogen (secondary N) is 1. The predicted octanol–water partition coefficient (Wildman–Crippen LogP) is 2.29. The Morgan fingerprint density at radius 3 is 2.83 bits per heavy atom. The van der Waals surface area contributed by atoms with Crippen molar-refractivity contribution in [1.82, 2.24) is 25.2 Å². The highest BCUT2D eigenvalue weighted by molar-refractivity contribution is 8.01. The van der Waals surface area contributed by atoms with Crippen LogP contribution >= 0.6 is 35.3 Å². The Kier molecular flexibility index (Phi) is 8.29. The van der Waals surface area contributed by atoms with Crippen molar-refractivity contribution in [2.75, 3.05) is 17.4 Å². The quantitative estimate of drug-likeness (QED) is 0.251. The topological polar surface area (TPSA) is 127 Å². The minimum Gasteiger partial charge on any atom is -0.483 e. The maximum absolute atomic E-state index is 12.9. The van der Waals surface area contributed by atoms with Crippen LogP contribution in [0, 0.1) is 0 Å². The second-order valence-corrected chi connectivity index (χ2v) is 11.1. The molecule has 3 atom stereocenters. The lowest BCUT2D eigenvalue weighted by Crippen LogP contribution is -2.71. The van der Waals surface area contributed by atoms with Gasteiger partial charge in [-0.3, -0.25) is 14.5 Å². The number of aromatic nitrogens is 3. The molecule has 0 spiro atoms. The zero-order valence-electron chi connectivity index (χ0n) is 19.1. The second-order valence-electron chi connectivity index (χ2n) is 7.71. The monoisotopic (exact) mass is 535 g/mol. The highest BCUT2D eigenvalue weighted by atomic mass is 32.2. The van der Waals surface area contributed by atoms with Gasteiger partial charge >= 0.3 is 5.97 Å². The van der Waals surface area contributed by atoms with Crippen molar-refractivity contribution in [3.8, 4) is 5.75 Å². The van der Waals surface area contributed by atoms with Crippen LogP contribution in [-0.2, 0) is 20.9 Å². The van der Waals surface area contributed by atoms with Crippen LogP contribution in [0.25, 0.3) is 0 Å². The summed E-state index contributed by atoms with van der Waals surface area (Å²) < 4.78 is 7.35. The molecule has 3 heterocycles. The molecule has 2 aliphatic heterocycles. The van der Waals surface area contributed by atoms with Crippen molar-refractivity contribution in [2.45, 2.75) is 42.1 Å². The first kappa shape index (κ1) is 25.5. The van der Waals surface area contributed by atoms with Crippen LogP contribution in [0.3, 0.4) is 0 Å². The molecule has 2 amide bonds. The number of carbonyl (C=O) groups is 3. The minimum absolute atomic E-state index is 0.00552. The number of carboxylic acids is 1. The van der Waals surface area contributed by atoms with E-state index in [0.29, 0.717) is 35.3 Å². The molecule has 35 heavy (non-hydrogen) atoms. The Balaban J connectivity index is 1.34. The molecule has 1 aromatic heterocycles. The lowest BCUT2D eigenvalue weighted by Gasteiger charge is -2.49. The van der Waals surface area contributed by atoms with E-state index in [1.54, 1.807) is 17.8 Å². The van der Waals surface area contributed by atoms with E-state index in [4.69, 9.17) is 4.74 Å². The van der Waals surface area contributed by atoms with Gasteiger partial charge in [-0.15, -0.1) is 40.4 Å². The van der Waals surface area contributed by atoms with Gasteiger partial charge in [0.15, 0.2) is 0 Å². The lowest BCUT2D eigenvalue weighted by atomic mass is 10.0.